The van der Waals surface area contributed by atoms with Gasteiger partial charge in [0.1, 0.15) is 11.1 Å². The normalized spacial score (nSPS) is 15.6. The van der Waals surface area contributed by atoms with Crippen molar-refractivity contribution >= 4 is 22.6 Å². The van der Waals surface area contributed by atoms with Crippen molar-refractivity contribution in [2.24, 2.45) is 0 Å². The van der Waals surface area contributed by atoms with Crippen LogP contribution in [0.5, 0.6) is 0 Å². The molecule has 104 valence electrons. The molecule has 4 heteroatoms. The lowest BCUT2D eigenvalue weighted by Crippen LogP contribution is -2.32. The van der Waals surface area contributed by atoms with Crippen molar-refractivity contribution in [2.45, 2.75) is 26.2 Å². The van der Waals surface area contributed by atoms with Crippen molar-refractivity contribution in [2.75, 3.05) is 18.0 Å². The highest BCUT2D eigenvalue weighted by Crippen LogP contribution is 2.26. The molecule has 0 spiro atoms. The number of rotatable bonds is 2. The van der Waals surface area contributed by atoms with Crippen molar-refractivity contribution < 1.29 is 9.21 Å². The molecule has 0 saturated carbocycles. The Labute approximate surface area is 117 Å². The van der Waals surface area contributed by atoms with E-state index in [1.807, 2.05) is 11.0 Å². The number of hydrogen-bond acceptors (Lipinski definition) is 4. The molecule has 2 heterocycles. The van der Waals surface area contributed by atoms with Crippen molar-refractivity contribution in [3.8, 4) is 0 Å². The smallest absolute Gasteiger partial charge is 0.210 e. The first-order valence-electron chi connectivity index (χ1n) is 7.00. The second kappa shape index (κ2) is 5.12. The first-order chi connectivity index (χ1) is 9.68. The molecule has 1 aliphatic heterocycles. The topological polar surface area (TPSA) is 50.5 Å². The molecule has 2 aromatic rings. The van der Waals surface area contributed by atoms with Gasteiger partial charge in [0.15, 0.2) is 5.78 Å². The lowest BCUT2D eigenvalue weighted by atomic mass is 10.1. The first kappa shape index (κ1) is 12.9. The van der Waals surface area contributed by atoms with Crippen molar-refractivity contribution in [3.63, 3.8) is 0 Å². The van der Waals surface area contributed by atoms with Crippen LogP contribution in [0.3, 0.4) is 0 Å². The van der Waals surface area contributed by atoms with E-state index in [4.69, 9.17) is 4.42 Å². The van der Waals surface area contributed by atoms with Gasteiger partial charge < -0.3 is 9.32 Å². The summed E-state index contributed by atoms with van der Waals surface area (Å²) in [7, 11) is 0. The summed E-state index contributed by atoms with van der Waals surface area (Å²) in [6.07, 6.45) is 3.31. The van der Waals surface area contributed by atoms with Crippen LogP contribution in [0.4, 0.5) is 5.88 Å². The largest absolute Gasteiger partial charge is 0.439 e. The monoisotopic (exact) mass is 271 g/mol. The summed E-state index contributed by atoms with van der Waals surface area (Å²) in [6.45, 7) is 3.09. The fourth-order valence-electron chi connectivity index (χ4n) is 2.76. The Kier molecular flexibility index (Phi) is 3.30. The number of ketones is 1. The molecule has 4 nitrogen and oxygen atoms in total. The highest BCUT2D eigenvalue weighted by molar-refractivity contribution is 6.01. The molecular formula is C16H17NO3. The van der Waals surface area contributed by atoms with Gasteiger partial charge in [-0.1, -0.05) is 12.1 Å². The molecule has 0 unspecified atom stereocenters. The maximum absolute atomic E-state index is 12.5. The van der Waals surface area contributed by atoms with E-state index in [1.165, 1.54) is 13.3 Å². The molecule has 0 N–H and O–H groups in total. The van der Waals surface area contributed by atoms with Crippen LogP contribution in [-0.4, -0.2) is 18.9 Å². The minimum Gasteiger partial charge on any atom is -0.439 e. The van der Waals surface area contributed by atoms with E-state index >= 15 is 0 Å². The maximum atomic E-state index is 12.5. The zero-order valence-corrected chi connectivity index (χ0v) is 11.5. The molecule has 0 amide bonds. The van der Waals surface area contributed by atoms with Crippen LogP contribution in [0.1, 0.15) is 36.5 Å². The molecule has 0 bridgehead atoms. The van der Waals surface area contributed by atoms with Gasteiger partial charge in [-0.15, -0.1) is 0 Å². The average Bonchev–Trinajstić information content (AvgIpc) is 2.47. The van der Waals surface area contributed by atoms with Gasteiger partial charge >= 0.3 is 0 Å². The van der Waals surface area contributed by atoms with Gasteiger partial charge in [-0.25, -0.2) is 0 Å². The van der Waals surface area contributed by atoms with Gasteiger partial charge in [-0.2, -0.15) is 0 Å². The third-order valence-corrected chi connectivity index (χ3v) is 3.77. The average molecular weight is 271 g/mol. The van der Waals surface area contributed by atoms with E-state index in [1.54, 1.807) is 18.2 Å². The van der Waals surface area contributed by atoms with Crippen LogP contribution >= 0.6 is 0 Å². The zero-order valence-electron chi connectivity index (χ0n) is 11.5. The van der Waals surface area contributed by atoms with Gasteiger partial charge in [0.05, 0.1) is 5.39 Å². The van der Waals surface area contributed by atoms with Crippen molar-refractivity contribution in [1.29, 1.82) is 0 Å². The lowest BCUT2D eigenvalue weighted by molar-refractivity contribution is 0.101. The van der Waals surface area contributed by atoms with Crippen molar-refractivity contribution in [3.05, 3.63) is 40.1 Å². The summed E-state index contributed by atoms with van der Waals surface area (Å²) >= 11 is 0. The van der Waals surface area contributed by atoms with E-state index in [9.17, 15) is 9.59 Å². The van der Waals surface area contributed by atoms with Crippen LogP contribution < -0.4 is 10.3 Å². The predicted molar refractivity (Wildman–Crippen MR) is 78.6 cm³/mol. The number of hydrogen-bond donors (Lipinski definition) is 0. The summed E-state index contributed by atoms with van der Waals surface area (Å²) in [5.74, 6) is 0.214. The molecule has 0 radical (unpaired) electrons. The lowest BCUT2D eigenvalue weighted by Gasteiger charge is -2.28. The van der Waals surface area contributed by atoms with Crippen LogP contribution in [0.2, 0.25) is 0 Å². The molecule has 0 atom stereocenters. The van der Waals surface area contributed by atoms with E-state index < -0.39 is 0 Å². The fourth-order valence-corrected chi connectivity index (χ4v) is 2.76. The summed E-state index contributed by atoms with van der Waals surface area (Å²) in [5.41, 5.74) is 0.508. The van der Waals surface area contributed by atoms with E-state index in [2.05, 4.69) is 0 Å². The van der Waals surface area contributed by atoms with Crippen LogP contribution in [0.15, 0.2) is 33.5 Å². The SMILES string of the molecule is CC(=O)c1c(N2CCCCC2)oc2ccccc2c1=O. The summed E-state index contributed by atoms with van der Waals surface area (Å²) in [6, 6.07) is 7.09. The minimum atomic E-state index is -0.231. The Morgan fingerprint density at radius 3 is 2.55 bits per heavy atom. The second-order valence-electron chi connectivity index (χ2n) is 5.21. The number of carbonyl (C=O) groups is 1. The molecule has 1 aliphatic rings. The number of benzene rings is 1. The number of fused-ring (bicyclic) bond motifs is 1. The van der Waals surface area contributed by atoms with Gasteiger partial charge in [0, 0.05) is 13.1 Å². The van der Waals surface area contributed by atoms with E-state index in [-0.39, 0.29) is 16.8 Å². The molecule has 20 heavy (non-hydrogen) atoms. The highest BCUT2D eigenvalue weighted by atomic mass is 16.4. The van der Waals surface area contributed by atoms with Crippen LogP contribution in [0.25, 0.3) is 11.0 Å². The quantitative estimate of drug-likeness (QED) is 0.788. The molecule has 1 aromatic heterocycles. The molecule has 3 rings (SSSR count). The van der Waals surface area contributed by atoms with Gasteiger partial charge in [0.25, 0.3) is 0 Å². The summed E-state index contributed by atoms with van der Waals surface area (Å²) in [5, 5.41) is 0.471. The Hall–Kier alpha value is -2.10. The minimum absolute atomic E-state index is 0.186. The van der Waals surface area contributed by atoms with Crippen LogP contribution in [0, 0.1) is 0 Å². The summed E-state index contributed by atoms with van der Waals surface area (Å²) < 4.78 is 5.88. The Morgan fingerprint density at radius 2 is 1.85 bits per heavy atom. The molecule has 1 aromatic carbocycles. The molecule has 0 aliphatic carbocycles. The summed E-state index contributed by atoms with van der Waals surface area (Å²) in [4.78, 5) is 26.4. The Morgan fingerprint density at radius 1 is 1.15 bits per heavy atom. The zero-order chi connectivity index (χ0) is 14.1. The standard InChI is InChI=1S/C16H17NO3/c1-11(18)14-15(19)12-7-3-4-8-13(12)20-16(14)17-9-5-2-6-10-17/h3-4,7-8H,2,5-6,9-10H2,1H3. The third-order valence-electron chi connectivity index (χ3n) is 3.77. The maximum Gasteiger partial charge on any atom is 0.210 e. The van der Waals surface area contributed by atoms with E-state index in [0.717, 1.165) is 25.9 Å². The van der Waals surface area contributed by atoms with Crippen molar-refractivity contribution in [1.82, 2.24) is 0 Å². The Bertz CT molecular complexity index is 711. The number of Topliss-reactive ketones (excluding diaryl/α,β-unsaturated/α-hetero) is 1. The molecular weight excluding hydrogens is 254 g/mol. The van der Waals surface area contributed by atoms with Gasteiger partial charge in [0.2, 0.25) is 11.3 Å². The number of carbonyl (C=O) groups excluding carboxylic acids is 1. The van der Waals surface area contributed by atoms with Gasteiger partial charge in [-0.3, -0.25) is 9.59 Å². The molecule has 1 saturated heterocycles. The Balaban J connectivity index is 2.26. The fraction of sp³-hybridized carbons (Fsp3) is 0.375. The third kappa shape index (κ3) is 2.11. The van der Waals surface area contributed by atoms with Crippen LogP contribution in [-0.2, 0) is 0 Å². The number of para-hydroxylation sites is 1. The van der Waals surface area contributed by atoms with E-state index in [0.29, 0.717) is 16.9 Å². The van der Waals surface area contributed by atoms with Gasteiger partial charge in [-0.05, 0) is 38.3 Å². The molecule has 1 fully saturated rings. The number of nitrogens with zero attached hydrogens (tertiary/aromatic N) is 1. The number of anilines is 1. The first-order valence-corrected chi connectivity index (χ1v) is 7.00. The highest BCUT2D eigenvalue weighted by Gasteiger charge is 2.23. The number of piperidine rings is 1. The predicted octanol–water partition coefficient (Wildman–Crippen LogP) is 2.99. The second-order valence-corrected chi connectivity index (χ2v) is 5.21.